The van der Waals surface area contributed by atoms with Crippen LogP contribution in [0.15, 0.2) is 23.8 Å². The van der Waals surface area contributed by atoms with Crippen molar-refractivity contribution in [1.29, 1.82) is 0 Å². The molecule has 0 unspecified atom stereocenters. The van der Waals surface area contributed by atoms with E-state index in [0.29, 0.717) is 12.8 Å². The Kier molecular flexibility index (Phi) is 7.39. The number of rotatable bonds is 6. The Morgan fingerprint density at radius 2 is 1.78 bits per heavy atom. The first kappa shape index (κ1) is 28.5. The van der Waals surface area contributed by atoms with Crippen LogP contribution in [0.1, 0.15) is 66.7 Å². The van der Waals surface area contributed by atoms with Gasteiger partial charge in [-0.2, -0.15) is 0 Å². The highest BCUT2D eigenvalue weighted by atomic mass is 79.9. The fourth-order valence-corrected chi connectivity index (χ4v) is 9.50. The van der Waals surface area contributed by atoms with Crippen LogP contribution in [0.4, 0.5) is 0 Å². The van der Waals surface area contributed by atoms with Gasteiger partial charge >= 0.3 is 11.9 Å². The lowest BCUT2D eigenvalue weighted by molar-refractivity contribution is -0.203. The summed E-state index contributed by atoms with van der Waals surface area (Å²) in [6, 6.07) is 0. The number of fused-ring (bicyclic) bond motifs is 5. The molecule has 4 aliphatic rings. The molecule has 9 atom stereocenters. The molecule has 37 heavy (non-hydrogen) atoms. The minimum atomic E-state index is -1.57. The summed E-state index contributed by atoms with van der Waals surface area (Å²) < 4.78 is 11.3. The van der Waals surface area contributed by atoms with Crippen molar-refractivity contribution < 1.29 is 33.8 Å². The molecule has 0 aromatic heterocycles. The van der Waals surface area contributed by atoms with Gasteiger partial charge in [0.15, 0.2) is 18.0 Å². The van der Waals surface area contributed by atoms with Crippen LogP contribution in [0, 0.1) is 28.6 Å². The topological polar surface area (TPSA) is 107 Å². The lowest BCUT2D eigenvalue weighted by Gasteiger charge is -2.64. The van der Waals surface area contributed by atoms with Crippen LogP contribution in [0.25, 0.3) is 0 Å². The van der Waals surface area contributed by atoms with Crippen LogP contribution in [0.2, 0.25) is 0 Å². The first-order valence-corrected chi connectivity index (χ1v) is 14.4. The predicted octanol–water partition coefficient (Wildman–Crippen LogP) is 4.46. The molecule has 0 amide bonds. The molecule has 0 heterocycles. The number of aliphatic hydroxyl groups excluding tert-OH is 1. The second-order valence-corrected chi connectivity index (χ2v) is 13.2. The highest BCUT2D eigenvalue weighted by Crippen LogP contribution is 2.72. The van der Waals surface area contributed by atoms with Gasteiger partial charge in [0.2, 0.25) is 5.78 Å². The molecule has 3 saturated carbocycles. The van der Waals surface area contributed by atoms with Gasteiger partial charge < -0.3 is 14.6 Å². The number of carbonyl (C=O) groups excluding carboxylic acids is 4. The molecule has 0 aromatic carbocycles. The minimum absolute atomic E-state index is 0.0805. The van der Waals surface area contributed by atoms with E-state index in [1.807, 2.05) is 26.8 Å². The molecule has 9 heteroatoms. The Morgan fingerprint density at radius 3 is 2.41 bits per heavy atom. The number of allylic oxidation sites excluding steroid dienone is 4. The van der Waals surface area contributed by atoms with E-state index in [-0.39, 0.29) is 47.6 Å². The highest BCUT2D eigenvalue weighted by molar-refractivity contribution is 9.09. The third-order valence-corrected chi connectivity index (χ3v) is 11.6. The van der Waals surface area contributed by atoms with Crippen molar-refractivity contribution in [3.63, 3.8) is 0 Å². The van der Waals surface area contributed by atoms with E-state index in [2.05, 4.69) is 15.9 Å². The second kappa shape index (κ2) is 9.60. The molecule has 0 aliphatic heterocycles. The van der Waals surface area contributed by atoms with E-state index in [1.54, 1.807) is 19.9 Å². The van der Waals surface area contributed by atoms with Crippen molar-refractivity contribution >= 4 is 51.0 Å². The summed E-state index contributed by atoms with van der Waals surface area (Å²) in [5.74, 6) is -2.44. The van der Waals surface area contributed by atoms with Gasteiger partial charge in [0.05, 0.1) is 11.0 Å². The molecule has 204 valence electrons. The van der Waals surface area contributed by atoms with Gasteiger partial charge in [-0.3, -0.25) is 19.2 Å². The van der Waals surface area contributed by atoms with E-state index >= 15 is 0 Å². The van der Waals surface area contributed by atoms with E-state index < -0.39 is 51.7 Å². The summed E-state index contributed by atoms with van der Waals surface area (Å²) in [4.78, 5) is 49.5. The maximum absolute atomic E-state index is 13.9. The van der Waals surface area contributed by atoms with Crippen molar-refractivity contribution in [3.05, 3.63) is 23.8 Å². The molecular weight excluding hydrogens is 564 g/mol. The summed E-state index contributed by atoms with van der Waals surface area (Å²) in [6.07, 6.45) is 5.27. The molecule has 0 radical (unpaired) electrons. The zero-order valence-corrected chi connectivity index (χ0v) is 24.4. The van der Waals surface area contributed by atoms with Crippen LogP contribution in [0.5, 0.6) is 0 Å². The molecular formula is C28H36BrClO7. The molecule has 1 N–H and O–H groups in total. The minimum Gasteiger partial charge on any atom is -0.457 e. The van der Waals surface area contributed by atoms with E-state index in [1.165, 1.54) is 6.08 Å². The van der Waals surface area contributed by atoms with Crippen LogP contribution < -0.4 is 0 Å². The molecule has 0 bridgehead atoms. The van der Waals surface area contributed by atoms with E-state index in [0.717, 1.165) is 5.57 Å². The van der Waals surface area contributed by atoms with E-state index in [4.69, 9.17) is 21.1 Å². The number of hydrogen-bond acceptors (Lipinski definition) is 7. The third kappa shape index (κ3) is 3.83. The molecule has 0 saturated heterocycles. The predicted molar refractivity (Wildman–Crippen MR) is 141 cm³/mol. The number of alkyl halides is 2. The molecule has 0 spiro atoms. The van der Waals surface area contributed by atoms with Gasteiger partial charge in [0, 0.05) is 34.4 Å². The second-order valence-electron chi connectivity index (χ2n) is 11.5. The van der Waals surface area contributed by atoms with Crippen molar-refractivity contribution in [2.45, 2.75) is 88.1 Å². The van der Waals surface area contributed by atoms with Crippen LogP contribution in [-0.2, 0) is 28.7 Å². The largest absolute Gasteiger partial charge is 0.457 e. The van der Waals surface area contributed by atoms with Gasteiger partial charge in [-0.25, -0.2) is 0 Å². The number of esters is 2. The Morgan fingerprint density at radius 1 is 1.14 bits per heavy atom. The Bertz CT molecular complexity index is 1090. The maximum Gasteiger partial charge on any atom is 0.306 e. The number of aliphatic hydroxyl groups is 1. The van der Waals surface area contributed by atoms with Crippen molar-refractivity contribution in [2.24, 2.45) is 28.6 Å². The van der Waals surface area contributed by atoms with Gasteiger partial charge in [0.1, 0.15) is 0 Å². The zero-order chi connectivity index (χ0) is 27.6. The van der Waals surface area contributed by atoms with E-state index in [9.17, 15) is 24.3 Å². The number of carbonyl (C=O) groups is 4. The number of ketones is 2. The number of Topliss-reactive ketones (excluding diaryl/α,β-unsaturated/α-hetero) is 1. The summed E-state index contributed by atoms with van der Waals surface area (Å²) in [7, 11) is 0. The van der Waals surface area contributed by atoms with Crippen molar-refractivity contribution in [3.8, 4) is 0 Å². The molecule has 7 nitrogen and oxygen atoms in total. The van der Waals surface area contributed by atoms with Gasteiger partial charge in [-0.05, 0) is 48.8 Å². The first-order chi connectivity index (χ1) is 17.2. The van der Waals surface area contributed by atoms with Gasteiger partial charge in [-0.15, -0.1) is 11.6 Å². The molecule has 3 fully saturated rings. The number of ether oxygens (including phenoxy) is 2. The molecule has 4 rings (SSSR count). The monoisotopic (exact) mass is 598 g/mol. The van der Waals surface area contributed by atoms with Crippen molar-refractivity contribution in [2.75, 3.05) is 6.61 Å². The SMILES string of the molecule is CCC(=O)OCC(=O)[C@@]1(OC(=O)CC)[C@@H](C)C[C@H]2[C@@H]3C[C@@H](Br)C4=CC(=O)C=C[C@]4(C)[C@@]3(Cl)[C@@H](O)C[C@@]21C. The third-order valence-electron chi connectivity index (χ3n) is 9.80. The normalized spacial score (nSPS) is 44.3. The average Bonchev–Trinajstić information content (AvgIpc) is 3.07. The number of halogens is 2. The first-order valence-electron chi connectivity index (χ1n) is 13.1. The average molecular weight is 600 g/mol. The van der Waals surface area contributed by atoms with Crippen LogP contribution >= 0.6 is 27.5 Å². The Balaban J connectivity index is 1.83. The van der Waals surface area contributed by atoms with Gasteiger partial charge in [0.25, 0.3) is 0 Å². The maximum atomic E-state index is 13.9. The summed E-state index contributed by atoms with van der Waals surface area (Å²) in [6.45, 7) is 8.55. The Hall–Kier alpha value is -1.51. The van der Waals surface area contributed by atoms with Crippen LogP contribution in [-0.4, -0.2) is 56.6 Å². The molecule has 4 aliphatic carbocycles. The number of hydrogen-bond donors (Lipinski definition) is 1. The zero-order valence-electron chi connectivity index (χ0n) is 22.0. The standard InChI is InChI=1S/C28H36BrClO7/c1-6-23(34)36-14-22(33)28(37-24(35)7-2)15(3)10-17-18-12-20(29)19-11-16(31)8-9-25(19,4)27(18,30)21(32)13-26(17,28)5/h8-9,11,15,17-18,20-21,32H,6-7,10,12-14H2,1-5H3/t15-,17-,18-,20+,21-,25-,26-,27-,28-/m0/s1. The van der Waals surface area contributed by atoms with Crippen molar-refractivity contribution in [1.82, 2.24) is 0 Å². The summed E-state index contributed by atoms with van der Waals surface area (Å²) in [5, 5.41) is 11.8. The highest BCUT2D eigenvalue weighted by Gasteiger charge is 2.77. The fourth-order valence-electron chi connectivity index (χ4n) is 8.00. The lowest BCUT2D eigenvalue weighted by Crippen LogP contribution is -2.70. The smallest absolute Gasteiger partial charge is 0.306 e. The van der Waals surface area contributed by atoms with Gasteiger partial charge in [-0.1, -0.05) is 56.6 Å². The summed E-state index contributed by atoms with van der Waals surface area (Å²) >= 11 is 11.3. The van der Waals surface area contributed by atoms with Crippen LogP contribution in [0.3, 0.4) is 0 Å². The lowest BCUT2D eigenvalue weighted by atomic mass is 9.45. The quantitative estimate of drug-likeness (QED) is 0.355. The summed E-state index contributed by atoms with van der Waals surface area (Å²) in [5.41, 5.74) is -2.48. The fraction of sp³-hybridized carbons (Fsp3) is 0.714. The molecule has 0 aromatic rings. The Labute approximate surface area is 231 Å².